The number of anilines is 1. The predicted molar refractivity (Wildman–Crippen MR) is 76.6 cm³/mol. The van der Waals surface area contributed by atoms with E-state index < -0.39 is 0 Å². The molecular weight excluding hydrogens is 316 g/mol. The molecule has 0 radical (unpaired) electrons. The number of benzene rings is 2. The summed E-state index contributed by atoms with van der Waals surface area (Å²) in [6, 6.07) is 11.0. The standard InChI is InChI=1S/C13H8BrClN2O/c14-8-5-4-7(6-10(8)16)13-17-11-3-1-2-9(15)12(11)18-13/h1-6H,16H2. The zero-order valence-electron chi connectivity index (χ0n) is 9.15. The van der Waals surface area contributed by atoms with Crippen molar-refractivity contribution in [1.82, 2.24) is 4.98 Å². The molecule has 5 heteroatoms. The molecule has 0 bridgehead atoms. The number of oxazole rings is 1. The Bertz CT molecular complexity index is 739. The topological polar surface area (TPSA) is 52.0 Å². The molecule has 3 rings (SSSR count). The highest BCUT2D eigenvalue weighted by Crippen LogP contribution is 2.31. The lowest BCUT2D eigenvalue weighted by Crippen LogP contribution is -1.87. The van der Waals surface area contributed by atoms with E-state index in [0.29, 0.717) is 22.2 Å². The Labute approximate surface area is 117 Å². The maximum absolute atomic E-state index is 6.05. The summed E-state index contributed by atoms with van der Waals surface area (Å²) >= 11 is 9.40. The summed E-state index contributed by atoms with van der Waals surface area (Å²) in [7, 11) is 0. The minimum Gasteiger partial charge on any atom is -0.435 e. The van der Waals surface area contributed by atoms with Crippen LogP contribution >= 0.6 is 27.5 Å². The van der Waals surface area contributed by atoms with Crippen LogP contribution in [0.2, 0.25) is 5.02 Å². The summed E-state index contributed by atoms with van der Waals surface area (Å²) in [5, 5.41) is 0.552. The number of halogens is 2. The molecule has 0 saturated heterocycles. The summed E-state index contributed by atoms with van der Waals surface area (Å²) in [6.45, 7) is 0. The Hall–Kier alpha value is -1.52. The molecule has 0 aliphatic heterocycles. The van der Waals surface area contributed by atoms with E-state index in [1.165, 1.54) is 0 Å². The Balaban J connectivity index is 2.19. The second kappa shape index (κ2) is 4.30. The van der Waals surface area contributed by atoms with E-state index in [0.717, 1.165) is 15.6 Å². The van der Waals surface area contributed by atoms with Crippen LogP contribution in [0.3, 0.4) is 0 Å². The van der Waals surface area contributed by atoms with E-state index in [1.54, 1.807) is 6.07 Å². The first-order chi connectivity index (χ1) is 8.65. The summed E-state index contributed by atoms with van der Waals surface area (Å²) in [5.41, 5.74) is 8.63. The smallest absolute Gasteiger partial charge is 0.227 e. The normalized spacial score (nSPS) is 11.0. The summed E-state index contributed by atoms with van der Waals surface area (Å²) in [4.78, 5) is 4.39. The Morgan fingerprint density at radius 1 is 1.22 bits per heavy atom. The Morgan fingerprint density at radius 2 is 2.06 bits per heavy atom. The van der Waals surface area contributed by atoms with Gasteiger partial charge in [-0.3, -0.25) is 0 Å². The van der Waals surface area contributed by atoms with Crippen molar-refractivity contribution in [1.29, 1.82) is 0 Å². The molecule has 18 heavy (non-hydrogen) atoms. The number of hydrogen-bond donors (Lipinski definition) is 1. The number of fused-ring (bicyclic) bond motifs is 1. The number of nitrogens with two attached hydrogens (primary N) is 1. The van der Waals surface area contributed by atoms with E-state index in [4.69, 9.17) is 21.8 Å². The second-order valence-electron chi connectivity index (χ2n) is 3.84. The Kier molecular flexibility index (Phi) is 2.76. The molecule has 90 valence electrons. The average Bonchev–Trinajstić information content (AvgIpc) is 2.78. The zero-order chi connectivity index (χ0) is 12.7. The first-order valence-corrected chi connectivity index (χ1v) is 6.43. The lowest BCUT2D eigenvalue weighted by Gasteiger charge is -1.99. The molecule has 3 aromatic rings. The van der Waals surface area contributed by atoms with E-state index >= 15 is 0 Å². The average molecular weight is 324 g/mol. The minimum atomic E-state index is 0.511. The summed E-state index contributed by atoms with van der Waals surface area (Å²) in [6.07, 6.45) is 0. The van der Waals surface area contributed by atoms with Gasteiger partial charge in [0.1, 0.15) is 5.52 Å². The number of aromatic nitrogens is 1. The number of para-hydroxylation sites is 1. The second-order valence-corrected chi connectivity index (χ2v) is 5.10. The first-order valence-electron chi connectivity index (χ1n) is 5.25. The van der Waals surface area contributed by atoms with Crippen molar-refractivity contribution < 1.29 is 4.42 Å². The minimum absolute atomic E-state index is 0.511. The Morgan fingerprint density at radius 3 is 2.78 bits per heavy atom. The third-order valence-corrected chi connectivity index (χ3v) is 3.63. The highest BCUT2D eigenvalue weighted by atomic mass is 79.9. The predicted octanol–water partition coefficient (Wildman–Crippen LogP) is 4.49. The number of hydrogen-bond acceptors (Lipinski definition) is 3. The van der Waals surface area contributed by atoms with Crippen molar-refractivity contribution in [2.24, 2.45) is 0 Å². The van der Waals surface area contributed by atoms with E-state index in [2.05, 4.69) is 20.9 Å². The van der Waals surface area contributed by atoms with E-state index in [1.807, 2.05) is 30.3 Å². The molecule has 0 aliphatic rings. The van der Waals surface area contributed by atoms with Crippen LogP contribution in [0.1, 0.15) is 0 Å². The molecule has 2 aromatic carbocycles. The van der Waals surface area contributed by atoms with Gasteiger partial charge < -0.3 is 10.2 Å². The first kappa shape index (κ1) is 11.6. The van der Waals surface area contributed by atoms with Crippen molar-refractivity contribution >= 4 is 44.3 Å². The molecule has 1 heterocycles. The number of nitrogen functional groups attached to an aromatic ring is 1. The van der Waals surface area contributed by atoms with Crippen molar-refractivity contribution in [2.75, 3.05) is 5.73 Å². The van der Waals surface area contributed by atoms with Gasteiger partial charge in [0, 0.05) is 15.7 Å². The molecule has 0 aliphatic carbocycles. The van der Waals surface area contributed by atoms with E-state index in [-0.39, 0.29) is 0 Å². The van der Waals surface area contributed by atoms with Gasteiger partial charge in [-0.05, 0) is 46.3 Å². The van der Waals surface area contributed by atoms with Crippen LogP contribution in [-0.2, 0) is 0 Å². The fourth-order valence-corrected chi connectivity index (χ4v) is 2.17. The number of rotatable bonds is 1. The van der Waals surface area contributed by atoms with Gasteiger partial charge in [-0.1, -0.05) is 17.7 Å². The molecule has 3 nitrogen and oxygen atoms in total. The summed E-state index contributed by atoms with van der Waals surface area (Å²) in [5.74, 6) is 0.511. The highest BCUT2D eigenvalue weighted by molar-refractivity contribution is 9.10. The molecular formula is C13H8BrClN2O. The molecule has 0 fully saturated rings. The van der Waals surface area contributed by atoms with Crippen LogP contribution < -0.4 is 5.73 Å². The zero-order valence-corrected chi connectivity index (χ0v) is 11.5. The highest BCUT2D eigenvalue weighted by Gasteiger charge is 2.11. The third-order valence-electron chi connectivity index (χ3n) is 2.61. The van der Waals surface area contributed by atoms with Crippen LogP contribution in [-0.4, -0.2) is 4.98 Å². The summed E-state index contributed by atoms with van der Waals surface area (Å²) < 4.78 is 6.51. The van der Waals surface area contributed by atoms with Gasteiger partial charge in [-0.15, -0.1) is 0 Å². The SMILES string of the molecule is Nc1cc(-c2nc3cccc(Cl)c3o2)ccc1Br. The molecule has 1 aromatic heterocycles. The molecule has 0 spiro atoms. The van der Waals surface area contributed by atoms with Crippen LogP contribution in [0.15, 0.2) is 45.3 Å². The molecule has 0 amide bonds. The van der Waals surface area contributed by atoms with Gasteiger partial charge in [-0.25, -0.2) is 4.98 Å². The quantitative estimate of drug-likeness (QED) is 0.671. The monoisotopic (exact) mass is 322 g/mol. The number of nitrogens with zero attached hydrogens (tertiary/aromatic N) is 1. The molecule has 0 atom stereocenters. The van der Waals surface area contributed by atoms with Gasteiger partial charge in [0.25, 0.3) is 0 Å². The largest absolute Gasteiger partial charge is 0.435 e. The van der Waals surface area contributed by atoms with Gasteiger partial charge in [-0.2, -0.15) is 0 Å². The van der Waals surface area contributed by atoms with Crippen LogP contribution in [0.5, 0.6) is 0 Å². The van der Waals surface area contributed by atoms with Crippen molar-refractivity contribution in [3.05, 3.63) is 45.9 Å². The maximum atomic E-state index is 6.05. The van der Waals surface area contributed by atoms with Gasteiger partial charge in [0.15, 0.2) is 5.58 Å². The van der Waals surface area contributed by atoms with Crippen LogP contribution in [0.25, 0.3) is 22.6 Å². The van der Waals surface area contributed by atoms with Gasteiger partial charge in [0.2, 0.25) is 5.89 Å². The fraction of sp³-hybridized carbons (Fsp3) is 0. The van der Waals surface area contributed by atoms with Gasteiger partial charge in [0.05, 0.1) is 5.02 Å². The van der Waals surface area contributed by atoms with E-state index in [9.17, 15) is 0 Å². The molecule has 0 unspecified atom stereocenters. The van der Waals surface area contributed by atoms with Gasteiger partial charge >= 0.3 is 0 Å². The van der Waals surface area contributed by atoms with Crippen molar-refractivity contribution in [3.63, 3.8) is 0 Å². The van der Waals surface area contributed by atoms with Crippen molar-refractivity contribution in [3.8, 4) is 11.5 Å². The molecule has 0 saturated carbocycles. The lowest BCUT2D eigenvalue weighted by molar-refractivity contribution is 0.620. The van der Waals surface area contributed by atoms with Crippen LogP contribution in [0, 0.1) is 0 Å². The third kappa shape index (κ3) is 1.87. The van der Waals surface area contributed by atoms with Crippen LogP contribution in [0.4, 0.5) is 5.69 Å². The lowest BCUT2D eigenvalue weighted by atomic mass is 10.2. The fourth-order valence-electron chi connectivity index (χ4n) is 1.72. The maximum Gasteiger partial charge on any atom is 0.227 e. The van der Waals surface area contributed by atoms with Crippen molar-refractivity contribution in [2.45, 2.75) is 0 Å². The molecule has 2 N–H and O–H groups in total.